The molecule has 1 unspecified atom stereocenters. The minimum atomic E-state index is -3.55. The number of hydrogen-bond acceptors (Lipinski definition) is 3. The third-order valence-electron chi connectivity index (χ3n) is 3.76. The molecule has 0 spiro atoms. The molecule has 0 aliphatic rings. The van der Waals surface area contributed by atoms with Gasteiger partial charge in [0.25, 0.3) is 0 Å². The number of halogens is 1. The van der Waals surface area contributed by atoms with E-state index in [-0.39, 0.29) is 19.6 Å². The molecule has 0 N–H and O–H groups in total. The molecule has 0 rings (SSSR count). The normalized spacial score (nSPS) is 13.5. The molecular weight excluding hydrogens is 302 g/mol. The van der Waals surface area contributed by atoms with Gasteiger partial charge in [-0.15, -0.1) is 0 Å². The molecule has 1 atom stereocenters. The van der Waals surface area contributed by atoms with Gasteiger partial charge in [0.1, 0.15) is 0 Å². The molecule has 0 aromatic rings. The van der Waals surface area contributed by atoms with Crippen LogP contribution in [0.4, 0.5) is 4.39 Å². The molecule has 22 heavy (non-hydrogen) atoms. The topological polar surface area (TPSA) is 35.5 Å². The standard InChI is InChI=1S/C17H36FO3P/c1-4-7-8-9-10-11-12-13-14-15-16-17(18)22(19,20-5-2)21-6-3/h17H,4-16H2,1-3H3. The first-order valence-electron chi connectivity index (χ1n) is 9.13. The zero-order valence-electron chi connectivity index (χ0n) is 14.8. The van der Waals surface area contributed by atoms with Gasteiger partial charge in [-0.2, -0.15) is 0 Å². The smallest absolute Gasteiger partial charge is 0.307 e. The van der Waals surface area contributed by atoms with Gasteiger partial charge in [0.15, 0.2) is 0 Å². The van der Waals surface area contributed by atoms with Crippen LogP contribution in [0.15, 0.2) is 0 Å². The van der Waals surface area contributed by atoms with Crippen molar-refractivity contribution in [1.29, 1.82) is 0 Å². The highest BCUT2D eigenvalue weighted by atomic mass is 31.2. The van der Waals surface area contributed by atoms with Crippen LogP contribution in [-0.2, 0) is 13.6 Å². The summed E-state index contributed by atoms with van der Waals surface area (Å²) in [5, 5.41) is 0. The summed E-state index contributed by atoms with van der Waals surface area (Å²) in [6.07, 6.45) is 12.3. The molecule has 0 fully saturated rings. The molecule has 0 saturated heterocycles. The summed E-state index contributed by atoms with van der Waals surface area (Å²) in [7, 11) is -3.55. The average molecular weight is 338 g/mol. The number of rotatable bonds is 16. The quantitative estimate of drug-likeness (QED) is 0.228. The summed E-state index contributed by atoms with van der Waals surface area (Å²) in [5.41, 5.74) is 0. The molecule has 0 aromatic carbocycles. The molecule has 0 aromatic heterocycles. The van der Waals surface area contributed by atoms with Crippen molar-refractivity contribution < 1.29 is 18.0 Å². The molecule has 0 radical (unpaired) electrons. The van der Waals surface area contributed by atoms with Gasteiger partial charge in [0, 0.05) is 0 Å². The average Bonchev–Trinajstić information content (AvgIpc) is 2.49. The van der Waals surface area contributed by atoms with Gasteiger partial charge in [0.05, 0.1) is 13.2 Å². The Morgan fingerprint density at radius 3 is 1.59 bits per heavy atom. The van der Waals surface area contributed by atoms with Crippen molar-refractivity contribution in [3.63, 3.8) is 0 Å². The Morgan fingerprint density at radius 1 is 0.773 bits per heavy atom. The fraction of sp³-hybridized carbons (Fsp3) is 1.00. The lowest BCUT2D eigenvalue weighted by Gasteiger charge is -2.20. The summed E-state index contributed by atoms with van der Waals surface area (Å²) >= 11 is 0. The van der Waals surface area contributed by atoms with E-state index in [0.29, 0.717) is 0 Å². The van der Waals surface area contributed by atoms with E-state index in [1.807, 2.05) is 0 Å². The lowest BCUT2D eigenvalue weighted by Crippen LogP contribution is -2.08. The lowest BCUT2D eigenvalue weighted by atomic mass is 10.1. The largest absolute Gasteiger partial charge is 0.364 e. The Morgan fingerprint density at radius 2 is 1.18 bits per heavy atom. The van der Waals surface area contributed by atoms with E-state index < -0.39 is 13.5 Å². The molecule has 0 aliphatic carbocycles. The monoisotopic (exact) mass is 338 g/mol. The van der Waals surface area contributed by atoms with E-state index in [0.717, 1.165) is 19.3 Å². The molecule has 134 valence electrons. The Hall–Kier alpha value is 0.0800. The fourth-order valence-electron chi connectivity index (χ4n) is 2.52. The van der Waals surface area contributed by atoms with E-state index in [1.165, 1.54) is 44.9 Å². The van der Waals surface area contributed by atoms with Crippen LogP contribution in [0.25, 0.3) is 0 Å². The summed E-state index contributed by atoms with van der Waals surface area (Å²) in [4.78, 5) is 0. The molecular formula is C17H36FO3P. The van der Waals surface area contributed by atoms with Crippen molar-refractivity contribution in [1.82, 2.24) is 0 Å². The van der Waals surface area contributed by atoms with Crippen LogP contribution in [0.5, 0.6) is 0 Å². The van der Waals surface area contributed by atoms with Gasteiger partial charge in [-0.25, -0.2) is 4.39 Å². The summed E-state index contributed by atoms with van der Waals surface area (Å²) in [6, 6.07) is 0. The number of alkyl halides is 1. The Balaban J connectivity index is 3.62. The Labute approximate surface area is 136 Å². The van der Waals surface area contributed by atoms with E-state index in [2.05, 4.69) is 6.92 Å². The SMILES string of the molecule is CCCCCCCCCCCCC(F)P(=O)(OCC)OCC. The van der Waals surface area contributed by atoms with Crippen molar-refractivity contribution >= 4 is 7.60 Å². The number of hydrogen-bond donors (Lipinski definition) is 0. The van der Waals surface area contributed by atoms with E-state index in [1.54, 1.807) is 13.8 Å². The van der Waals surface area contributed by atoms with Crippen LogP contribution in [0.3, 0.4) is 0 Å². The van der Waals surface area contributed by atoms with Crippen molar-refractivity contribution in [2.75, 3.05) is 13.2 Å². The van der Waals surface area contributed by atoms with Crippen LogP contribution < -0.4 is 0 Å². The molecule has 3 nitrogen and oxygen atoms in total. The Kier molecular flexibility index (Phi) is 14.7. The van der Waals surface area contributed by atoms with Crippen LogP contribution in [0.2, 0.25) is 0 Å². The zero-order valence-corrected chi connectivity index (χ0v) is 15.7. The van der Waals surface area contributed by atoms with Crippen LogP contribution in [0, 0.1) is 0 Å². The summed E-state index contributed by atoms with van der Waals surface area (Å²) in [5.74, 6) is -1.48. The summed E-state index contributed by atoms with van der Waals surface area (Å²) in [6.45, 7) is 6.08. The summed E-state index contributed by atoms with van der Waals surface area (Å²) < 4.78 is 36.3. The van der Waals surface area contributed by atoms with E-state index in [4.69, 9.17) is 9.05 Å². The number of unbranched alkanes of at least 4 members (excludes halogenated alkanes) is 9. The second-order valence-electron chi connectivity index (χ2n) is 5.78. The van der Waals surface area contributed by atoms with E-state index >= 15 is 0 Å². The lowest BCUT2D eigenvalue weighted by molar-refractivity contribution is 0.185. The van der Waals surface area contributed by atoms with Gasteiger partial charge >= 0.3 is 7.60 Å². The van der Waals surface area contributed by atoms with Gasteiger partial charge in [0.2, 0.25) is 5.91 Å². The second kappa shape index (κ2) is 14.7. The van der Waals surface area contributed by atoms with Crippen molar-refractivity contribution in [3.8, 4) is 0 Å². The van der Waals surface area contributed by atoms with Gasteiger partial charge in [-0.3, -0.25) is 4.57 Å². The first-order valence-corrected chi connectivity index (χ1v) is 10.7. The minimum absolute atomic E-state index is 0.218. The van der Waals surface area contributed by atoms with Gasteiger partial charge < -0.3 is 9.05 Å². The third kappa shape index (κ3) is 10.7. The highest BCUT2D eigenvalue weighted by Gasteiger charge is 2.35. The van der Waals surface area contributed by atoms with E-state index in [9.17, 15) is 8.96 Å². The predicted molar refractivity (Wildman–Crippen MR) is 92.2 cm³/mol. The van der Waals surface area contributed by atoms with Gasteiger partial charge in [-0.05, 0) is 26.7 Å². The van der Waals surface area contributed by atoms with Crippen molar-refractivity contribution in [2.45, 2.75) is 97.3 Å². The highest BCUT2D eigenvalue weighted by Crippen LogP contribution is 2.55. The zero-order chi connectivity index (χ0) is 16.7. The first-order chi connectivity index (χ1) is 10.6. The molecule has 0 saturated carbocycles. The van der Waals surface area contributed by atoms with Gasteiger partial charge in [-0.1, -0.05) is 64.7 Å². The molecule has 0 aliphatic heterocycles. The van der Waals surface area contributed by atoms with Crippen LogP contribution in [-0.4, -0.2) is 19.1 Å². The van der Waals surface area contributed by atoms with Crippen LogP contribution >= 0.6 is 7.60 Å². The molecule has 0 bridgehead atoms. The maximum atomic E-state index is 14.1. The third-order valence-corrected chi connectivity index (χ3v) is 5.94. The predicted octanol–water partition coefficient (Wildman–Crippen LogP) is 6.86. The minimum Gasteiger partial charge on any atom is -0.307 e. The first kappa shape index (κ1) is 22.1. The highest BCUT2D eigenvalue weighted by molar-refractivity contribution is 7.54. The molecule has 0 heterocycles. The maximum Gasteiger partial charge on any atom is 0.364 e. The van der Waals surface area contributed by atoms with Crippen molar-refractivity contribution in [2.24, 2.45) is 0 Å². The van der Waals surface area contributed by atoms with Crippen molar-refractivity contribution in [3.05, 3.63) is 0 Å². The molecule has 0 amide bonds. The Bertz CT molecular complexity index is 277. The maximum absolute atomic E-state index is 14.1. The van der Waals surface area contributed by atoms with Crippen LogP contribution in [0.1, 0.15) is 91.4 Å². The molecule has 5 heteroatoms. The fourth-order valence-corrected chi connectivity index (χ4v) is 4.13. The second-order valence-corrected chi connectivity index (χ2v) is 7.94.